The highest BCUT2D eigenvalue weighted by atomic mass is 32.1. The number of nitrogens with one attached hydrogen (secondary N) is 1. The summed E-state index contributed by atoms with van der Waals surface area (Å²) in [6.45, 7) is 1.94. The zero-order valence-electron chi connectivity index (χ0n) is 14.3. The number of hydrogen-bond donors (Lipinski definition) is 1. The van der Waals surface area contributed by atoms with E-state index in [1.54, 1.807) is 6.07 Å². The fourth-order valence-corrected chi connectivity index (χ4v) is 3.22. The zero-order valence-corrected chi connectivity index (χ0v) is 15.1. The van der Waals surface area contributed by atoms with Crippen LogP contribution in [0, 0.1) is 6.92 Å². The van der Waals surface area contributed by atoms with Crippen molar-refractivity contribution < 1.29 is 19.1 Å². The first-order valence-corrected chi connectivity index (χ1v) is 8.82. The van der Waals surface area contributed by atoms with Gasteiger partial charge in [-0.3, -0.25) is 14.4 Å². The molecule has 1 heterocycles. The number of ketones is 1. The lowest BCUT2D eigenvalue weighted by molar-refractivity contribution is -0.141. The first-order chi connectivity index (χ1) is 12.0. The van der Waals surface area contributed by atoms with E-state index in [-0.39, 0.29) is 31.0 Å². The molecule has 0 bridgehead atoms. The van der Waals surface area contributed by atoms with Crippen LogP contribution in [-0.4, -0.2) is 24.8 Å². The molecule has 1 amide bonds. The molecule has 0 aliphatic rings. The van der Waals surface area contributed by atoms with Gasteiger partial charge in [-0.25, -0.2) is 0 Å². The normalized spacial score (nSPS) is 11.6. The van der Waals surface area contributed by atoms with Gasteiger partial charge in [0.05, 0.1) is 24.4 Å². The van der Waals surface area contributed by atoms with Gasteiger partial charge in [-0.2, -0.15) is 0 Å². The smallest absolute Gasteiger partial charge is 0.307 e. The summed E-state index contributed by atoms with van der Waals surface area (Å²) in [7, 11) is 1.31. The quantitative estimate of drug-likeness (QED) is 0.579. The van der Waals surface area contributed by atoms with Gasteiger partial charge in [-0.1, -0.05) is 30.3 Å². The molecule has 1 N–H and O–H groups in total. The summed E-state index contributed by atoms with van der Waals surface area (Å²) in [5.41, 5.74) is 0.821. The van der Waals surface area contributed by atoms with Crippen molar-refractivity contribution in [2.75, 3.05) is 7.11 Å². The van der Waals surface area contributed by atoms with E-state index in [9.17, 15) is 14.4 Å². The van der Waals surface area contributed by atoms with Crippen LogP contribution >= 0.6 is 11.3 Å². The third kappa shape index (κ3) is 5.83. The topological polar surface area (TPSA) is 72.5 Å². The fraction of sp³-hybridized carbons (Fsp3) is 0.316. The van der Waals surface area contributed by atoms with E-state index >= 15 is 0 Å². The summed E-state index contributed by atoms with van der Waals surface area (Å²) in [6, 6.07) is 12.4. The SMILES string of the molecule is COC(=O)CC(NC(=O)CCC(=O)c1ccc(C)s1)c1ccccc1. The van der Waals surface area contributed by atoms with Crippen molar-refractivity contribution in [2.24, 2.45) is 0 Å². The number of carbonyl (C=O) groups excluding carboxylic acids is 3. The van der Waals surface area contributed by atoms with Crippen LogP contribution in [0.3, 0.4) is 0 Å². The zero-order chi connectivity index (χ0) is 18.2. The van der Waals surface area contributed by atoms with Crippen LogP contribution in [0.25, 0.3) is 0 Å². The highest BCUT2D eigenvalue weighted by Gasteiger charge is 2.19. The van der Waals surface area contributed by atoms with Crippen molar-refractivity contribution in [3.63, 3.8) is 0 Å². The van der Waals surface area contributed by atoms with Crippen LogP contribution < -0.4 is 5.32 Å². The van der Waals surface area contributed by atoms with Crippen molar-refractivity contribution in [3.05, 3.63) is 57.8 Å². The third-order valence-corrected chi connectivity index (χ3v) is 4.77. The number of hydrogen-bond acceptors (Lipinski definition) is 5. The first kappa shape index (κ1) is 18.9. The molecule has 6 heteroatoms. The number of methoxy groups -OCH3 is 1. The van der Waals surface area contributed by atoms with Crippen LogP contribution in [0.5, 0.6) is 0 Å². The van der Waals surface area contributed by atoms with Gasteiger partial charge in [0, 0.05) is 17.7 Å². The summed E-state index contributed by atoms with van der Waals surface area (Å²) >= 11 is 1.43. The molecule has 5 nitrogen and oxygen atoms in total. The van der Waals surface area contributed by atoms with Crippen LogP contribution in [0.1, 0.15) is 45.4 Å². The Bertz CT molecular complexity index is 739. The second-order valence-corrected chi connectivity index (χ2v) is 6.93. The molecule has 1 atom stereocenters. The maximum absolute atomic E-state index is 12.2. The summed E-state index contributed by atoms with van der Waals surface area (Å²) in [6.07, 6.45) is 0.274. The molecule has 132 valence electrons. The van der Waals surface area contributed by atoms with E-state index in [4.69, 9.17) is 4.74 Å². The predicted molar refractivity (Wildman–Crippen MR) is 96.6 cm³/mol. The summed E-state index contributed by atoms with van der Waals surface area (Å²) in [5.74, 6) is -0.712. The molecular weight excluding hydrogens is 338 g/mol. The Balaban J connectivity index is 1.94. The number of benzene rings is 1. The van der Waals surface area contributed by atoms with E-state index in [0.717, 1.165) is 10.4 Å². The van der Waals surface area contributed by atoms with Gasteiger partial charge in [-0.15, -0.1) is 11.3 Å². The number of esters is 1. The Kier molecular flexibility index (Phi) is 6.89. The average molecular weight is 359 g/mol. The molecule has 0 saturated heterocycles. The first-order valence-electron chi connectivity index (χ1n) is 8.00. The number of aryl methyl sites for hydroxylation is 1. The highest BCUT2D eigenvalue weighted by Crippen LogP contribution is 2.19. The second-order valence-electron chi connectivity index (χ2n) is 5.64. The minimum atomic E-state index is -0.472. The number of thiophene rings is 1. The van der Waals surface area contributed by atoms with Crippen molar-refractivity contribution in [1.29, 1.82) is 0 Å². The minimum Gasteiger partial charge on any atom is -0.469 e. The van der Waals surface area contributed by atoms with Crippen LogP contribution in [0.2, 0.25) is 0 Å². The van der Waals surface area contributed by atoms with E-state index in [1.807, 2.05) is 43.3 Å². The van der Waals surface area contributed by atoms with Crippen molar-refractivity contribution >= 4 is 29.0 Å². The van der Waals surface area contributed by atoms with Gasteiger partial charge in [-0.05, 0) is 24.6 Å². The molecule has 0 aliphatic carbocycles. The lowest BCUT2D eigenvalue weighted by Crippen LogP contribution is -2.30. The standard InChI is InChI=1S/C19H21NO4S/c1-13-8-10-17(25-13)16(21)9-11-18(22)20-15(12-19(23)24-2)14-6-4-3-5-7-14/h3-8,10,15H,9,11-12H2,1-2H3,(H,20,22). The number of amides is 1. The Morgan fingerprint density at radius 3 is 2.40 bits per heavy atom. The molecule has 25 heavy (non-hydrogen) atoms. The van der Waals surface area contributed by atoms with E-state index in [1.165, 1.54) is 18.4 Å². The Labute approximate surface area is 151 Å². The maximum atomic E-state index is 12.2. The Morgan fingerprint density at radius 2 is 1.80 bits per heavy atom. The summed E-state index contributed by atoms with van der Waals surface area (Å²) in [5, 5.41) is 2.82. The lowest BCUT2D eigenvalue weighted by atomic mass is 10.0. The molecule has 2 rings (SSSR count). The largest absolute Gasteiger partial charge is 0.469 e. The monoisotopic (exact) mass is 359 g/mol. The van der Waals surface area contributed by atoms with Crippen LogP contribution in [0.4, 0.5) is 0 Å². The molecule has 1 aromatic heterocycles. The van der Waals surface area contributed by atoms with Gasteiger partial charge in [0.1, 0.15) is 0 Å². The molecule has 0 aliphatic heterocycles. The fourth-order valence-electron chi connectivity index (χ4n) is 2.39. The van der Waals surface area contributed by atoms with Gasteiger partial charge in [0.2, 0.25) is 5.91 Å². The van der Waals surface area contributed by atoms with E-state index in [2.05, 4.69) is 5.32 Å². The highest BCUT2D eigenvalue weighted by molar-refractivity contribution is 7.14. The predicted octanol–water partition coefficient (Wildman–Crippen LogP) is 3.44. The molecule has 0 fully saturated rings. The van der Waals surface area contributed by atoms with Crippen LogP contribution in [0.15, 0.2) is 42.5 Å². The molecular formula is C19H21NO4S. The Hall–Kier alpha value is -2.47. The summed E-state index contributed by atoms with van der Waals surface area (Å²) < 4.78 is 4.70. The van der Waals surface area contributed by atoms with Gasteiger partial charge in [0.15, 0.2) is 5.78 Å². The van der Waals surface area contributed by atoms with Crippen molar-refractivity contribution in [1.82, 2.24) is 5.32 Å². The second kappa shape index (κ2) is 9.13. The molecule has 0 radical (unpaired) electrons. The van der Waals surface area contributed by atoms with E-state index < -0.39 is 12.0 Å². The Morgan fingerprint density at radius 1 is 1.08 bits per heavy atom. The number of ether oxygens (including phenoxy) is 1. The third-order valence-electron chi connectivity index (χ3n) is 3.73. The van der Waals surface area contributed by atoms with Gasteiger partial charge < -0.3 is 10.1 Å². The molecule has 2 aromatic rings. The van der Waals surface area contributed by atoms with E-state index in [0.29, 0.717) is 4.88 Å². The van der Waals surface area contributed by atoms with Crippen LogP contribution in [-0.2, 0) is 14.3 Å². The molecule has 1 aromatic carbocycles. The number of carbonyl (C=O) groups is 3. The maximum Gasteiger partial charge on any atom is 0.307 e. The minimum absolute atomic E-state index is 0.0440. The van der Waals surface area contributed by atoms with Gasteiger partial charge in [0.25, 0.3) is 0 Å². The average Bonchev–Trinajstić information content (AvgIpc) is 3.06. The molecule has 0 saturated carbocycles. The van der Waals surface area contributed by atoms with Crippen molar-refractivity contribution in [2.45, 2.75) is 32.2 Å². The summed E-state index contributed by atoms with van der Waals surface area (Å²) in [4.78, 5) is 37.7. The molecule has 0 spiro atoms. The van der Waals surface area contributed by atoms with Gasteiger partial charge >= 0.3 is 5.97 Å². The number of Topliss-reactive ketones (excluding diaryl/α,β-unsaturated/α-hetero) is 1. The van der Waals surface area contributed by atoms with Crippen molar-refractivity contribution in [3.8, 4) is 0 Å². The number of rotatable bonds is 8. The lowest BCUT2D eigenvalue weighted by Gasteiger charge is -2.18. The molecule has 1 unspecified atom stereocenters.